The zero-order chi connectivity index (χ0) is 44.5. The number of carbonyl (C=O) groups excluding carboxylic acids is 5. The van der Waals surface area contributed by atoms with Crippen LogP contribution in [0, 0.1) is 45.7 Å². The first-order valence-corrected chi connectivity index (χ1v) is 21.7. The number of pyridine rings is 1. The van der Waals surface area contributed by atoms with Crippen LogP contribution >= 0.6 is 0 Å². The first-order valence-electron chi connectivity index (χ1n) is 21.7. The van der Waals surface area contributed by atoms with Crippen molar-refractivity contribution in [3.8, 4) is 29.4 Å². The normalized spacial score (nSPS) is 26.3. The van der Waals surface area contributed by atoms with Crippen molar-refractivity contribution in [2.24, 2.45) is 16.7 Å². The number of piperazine rings is 1. The lowest BCUT2D eigenvalue weighted by Gasteiger charge is -2.65. The van der Waals surface area contributed by atoms with E-state index in [1.807, 2.05) is 21.9 Å². The molecule has 0 radical (unpaired) electrons. The zero-order valence-electron chi connectivity index (χ0n) is 36.1. The number of nitrogens with one attached hydrogen (secondary N) is 1. The second kappa shape index (κ2) is 15.8. The molecule has 326 valence electrons. The Morgan fingerprint density at radius 2 is 1.54 bits per heavy atom. The van der Waals surface area contributed by atoms with E-state index in [0.29, 0.717) is 54.0 Å². The number of nitriles is 1. The fourth-order valence-corrected chi connectivity index (χ4v) is 11.5. The first kappa shape index (κ1) is 42.0. The monoisotopic (exact) mass is 855 g/mol. The van der Waals surface area contributed by atoms with Gasteiger partial charge in [-0.25, -0.2) is 9.37 Å². The van der Waals surface area contributed by atoms with Crippen LogP contribution in [0.5, 0.6) is 11.5 Å². The summed E-state index contributed by atoms with van der Waals surface area (Å²) in [6.45, 7) is 11.4. The van der Waals surface area contributed by atoms with Gasteiger partial charge in [-0.3, -0.25) is 39.1 Å². The maximum absolute atomic E-state index is 15.5. The molecule has 2 aromatic carbocycles. The van der Waals surface area contributed by atoms with Gasteiger partial charge in [0.25, 0.3) is 17.7 Å². The summed E-state index contributed by atoms with van der Waals surface area (Å²) in [5.74, 6) is 4.89. The molecule has 0 spiro atoms. The number of fused-ring (bicyclic) bond motifs is 2. The number of rotatable bonds is 7. The van der Waals surface area contributed by atoms with E-state index in [1.165, 1.54) is 13.2 Å². The van der Waals surface area contributed by atoms with E-state index in [1.54, 1.807) is 18.2 Å². The molecule has 14 nitrogen and oxygen atoms in total. The number of piperidine rings is 1. The minimum absolute atomic E-state index is 0.0119. The van der Waals surface area contributed by atoms with Gasteiger partial charge in [-0.1, -0.05) is 33.6 Å². The highest BCUT2D eigenvalue weighted by Crippen LogP contribution is 2.59. The van der Waals surface area contributed by atoms with Gasteiger partial charge in [0, 0.05) is 67.5 Å². The van der Waals surface area contributed by atoms with Crippen LogP contribution in [0.15, 0.2) is 42.5 Å². The summed E-state index contributed by atoms with van der Waals surface area (Å²) in [7, 11) is 1.53. The molecule has 0 bridgehead atoms. The Bertz CT molecular complexity index is 2540. The summed E-state index contributed by atoms with van der Waals surface area (Å²) >= 11 is 0. The predicted molar refractivity (Wildman–Crippen MR) is 227 cm³/mol. The van der Waals surface area contributed by atoms with Gasteiger partial charge in [0.2, 0.25) is 11.8 Å². The van der Waals surface area contributed by atoms with Gasteiger partial charge in [-0.15, -0.1) is 0 Å². The van der Waals surface area contributed by atoms with E-state index in [0.717, 1.165) is 55.4 Å². The highest BCUT2D eigenvalue weighted by atomic mass is 19.1. The number of ether oxygens (including phenoxy) is 2. The predicted octanol–water partition coefficient (Wildman–Crippen LogP) is 5.07. The molecule has 9 rings (SSSR count). The minimum atomic E-state index is -1.11. The number of carbonyl (C=O) groups is 5. The van der Waals surface area contributed by atoms with E-state index in [4.69, 9.17) is 14.5 Å². The maximum Gasteiger partial charge on any atom is 0.262 e. The van der Waals surface area contributed by atoms with Crippen LogP contribution in [-0.2, 0) is 16.1 Å². The van der Waals surface area contributed by atoms with Crippen LogP contribution in [0.2, 0.25) is 0 Å². The molecule has 4 aliphatic heterocycles. The molecule has 5 amide bonds. The fourth-order valence-electron chi connectivity index (χ4n) is 11.5. The third-order valence-corrected chi connectivity index (χ3v) is 14.2. The lowest BCUT2D eigenvalue weighted by atomic mass is 9.49. The number of anilines is 1. The van der Waals surface area contributed by atoms with Crippen molar-refractivity contribution >= 4 is 35.2 Å². The lowest BCUT2D eigenvalue weighted by molar-refractivity contribution is -0.199. The molecule has 2 saturated carbocycles. The smallest absolute Gasteiger partial charge is 0.262 e. The second-order valence-electron chi connectivity index (χ2n) is 18.7. The van der Waals surface area contributed by atoms with Crippen molar-refractivity contribution < 1.29 is 37.8 Å². The molecular weight excluding hydrogens is 806 g/mol. The quantitative estimate of drug-likeness (QED) is 0.249. The number of benzene rings is 2. The van der Waals surface area contributed by atoms with Crippen molar-refractivity contribution in [3.05, 3.63) is 81.9 Å². The molecule has 1 unspecified atom stereocenters. The number of hydrogen-bond acceptors (Lipinski definition) is 11. The summed E-state index contributed by atoms with van der Waals surface area (Å²) in [6.07, 6.45) is 3.69. The molecule has 1 N–H and O–H groups in total. The largest absolute Gasteiger partial charge is 0.495 e. The van der Waals surface area contributed by atoms with Gasteiger partial charge in [0.05, 0.1) is 47.3 Å². The molecular formula is C48H50FN7O7. The molecule has 1 aromatic heterocycles. The van der Waals surface area contributed by atoms with Crippen molar-refractivity contribution in [3.63, 3.8) is 0 Å². The lowest BCUT2D eigenvalue weighted by Crippen LogP contribution is -2.74. The average molecular weight is 856 g/mol. The van der Waals surface area contributed by atoms with Crippen molar-refractivity contribution in [1.29, 1.82) is 5.26 Å². The van der Waals surface area contributed by atoms with Gasteiger partial charge >= 0.3 is 0 Å². The molecule has 15 heteroatoms. The van der Waals surface area contributed by atoms with Crippen LogP contribution in [0.3, 0.4) is 0 Å². The fraction of sp³-hybridized carbons (Fsp3) is 0.479. The van der Waals surface area contributed by atoms with Gasteiger partial charge in [-0.05, 0) is 74.4 Å². The first-order chi connectivity index (χ1) is 30.1. The summed E-state index contributed by atoms with van der Waals surface area (Å²) in [5, 5.41) is 11.6. The molecule has 6 aliphatic rings. The Kier molecular flexibility index (Phi) is 10.5. The highest BCUT2D eigenvalue weighted by molar-refractivity contribution is 6.23. The standard InChI is InChI=1S/C48H50FN7O7/c1-47(2)45(48(3,4)46(47)63-31-14-9-28(25-50)39(22-31)62-5)55-26-36-32(42(55)59)15-11-29(51-36)10-6-27-7-12-30(13-8-27)53-18-20-54(21-19-53)38-24-34-33(23-35(38)49)43(60)56(44(34)61)37-16-17-40(57)52-41(37)58/h9,11,14-15,22-24,27,30,37,45-46H,7-8,12-13,16-21,26H2,1-5H3,(H,52,57,58). The number of imide groups is 2. The summed E-state index contributed by atoms with van der Waals surface area (Å²) in [5.41, 5.74) is 1.92. The number of methoxy groups -OCH3 is 1. The van der Waals surface area contributed by atoms with Crippen molar-refractivity contribution in [2.75, 3.05) is 38.2 Å². The Morgan fingerprint density at radius 1 is 0.841 bits per heavy atom. The Morgan fingerprint density at radius 3 is 2.21 bits per heavy atom. The van der Waals surface area contributed by atoms with E-state index < -0.39 is 35.5 Å². The van der Waals surface area contributed by atoms with E-state index >= 15 is 4.39 Å². The maximum atomic E-state index is 15.5. The molecule has 2 aliphatic carbocycles. The van der Waals surface area contributed by atoms with Crippen LogP contribution in [-0.4, -0.2) is 107 Å². The molecule has 63 heavy (non-hydrogen) atoms. The summed E-state index contributed by atoms with van der Waals surface area (Å²) in [4.78, 5) is 76.5. The molecule has 3 aromatic rings. The van der Waals surface area contributed by atoms with Gasteiger partial charge in [0.1, 0.15) is 41.2 Å². The average Bonchev–Trinajstić information content (AvgIpc) is 3.70. The van der Waals surface area contributed by atoms with Gasteiger partial charge in [-0.2, -0.15) is 5.26 Å². The van der Waals surface area contributed by atoms with Crippen LogP contribution in [0.1, 0.15) is 114 Å². The third-order valence-electron chi connectivity index (χ3n) is 14.2. The SMILES string of the molecule is COc1cc(OC2C(C)(C)C(N3Cc4nc(C#CC5CCC(N6CCN(c7cc8c(cc7F)C(=O)N(C7CCC(=O)NC7=O)C8=O)CC6)CC5)ccc4C3=O)C2(C)C)ccc1C#N. The molecule has 2 saturated heterocycles. The van der Waals surface area contributed by atoms with Gasteiger partial charge in [0.15, 0.2) is 0 Å². The molecule has 5 heterocycles. The molecule has 4 fully saturated rings. The van der Waals surface area contributed by atoms with E-state index in [-0.39, 0.29) is 64.5 Å². The van der Waals surface area contributed by atoms with Crippen molar-refractivity contribution in [1.82, 2.24) is 25.0 Å². The van der Waals surface area contributed by atoms with Crippen molar-refractivity contribution in [2.45, 2.75) is 97.0 Å². The topological polar surface area (TPSA) is 165 Å². The Labute approximate surface area is 365 Å². The van der Waals surface area contributed by atoms with E-state index in [2.05, 4.69) is 55.8 Å². The number of nitrogens with zero attached hydrogens (tertiary/aromatic N) is 6. The zero-order valence-corrected chi connectivity index (χ0v) is 36.1. The van der Waals surface area contributed by atoms with Crippen LogP contribution in [0.4, 0.5) is 10.1 Å². The Balaban J connectivity index is 0.778. The second-order valence-corrected chi connectivity index (χ2v) is 18.7. The van der Waals surface area contributed by atoms with Crippen LogP contribution < -0.4 is 19.7 Å². The molecule has 1 atom stereocenters. The summed E-state index contributed by atoms with van der Waals surface area (Å²) < 4.78 is 27.4. The number of aromatic nitrogens is 1. The minimum Gasteiger partial charge on any atom is -0.495 e. The Hall–Kier alpha value is -6.32. The number of hydrogen-bond donors (Lipinski definition) is 1. The third kappa shape index (κ3) is 7.16. The van der Waals surface area contributed by atoms with Crippen LogP contribution in [0.25, 0.3) is 0 Å². The van der Waals surface area contributed by atoms with Gasteiger partial charge < -0.3 is 19.3 Å². The number of amides is 5. The summed E-state index contributed by atoms with van der Waals surface area (Å²) in [6, 6.07) is 12.7. The van der Waals surface area contributed by atoms with E-state index in [9.17, 15) is 29.2 Å². The highest BCUT2D eigenvalue weighted by Gasteiger charge is 2.67. The number of halogens is 1.